The second-order valence-corrected chi connectivity index (χ2v) is 4.11. The highest BCUT2D eigenvalue weighted by molar-refractivity contribution is 5.82. The molecule has 2 aromatic heterocycles. The Bertz CT molecular complexity index is 545. The quantitative estimate of drug-likeness (QED) is 0.752. The van der Waals surface area contributed by atoms with Crippen LogP contribution in [0.2, 0.25) is 0 Å². The summed E-state index contributed by atoms with van der Waals surface area (Å²) in [5.41, 5.74) is 12.6. The molecule has 2 aromatic rings. The van der Waals surface area contributed by atoms with Gasteiger partial charge in [0.2, 0.25) is 5.95 Å². The lowest BCUT2D eigenvalue weighted by Crippen LogP contribution is -2.18. The lowest BCUT2D eigenvalue weighted by Gasteiger charge is -2.23. The van der Waals surface area contributed by atoms with Crippen molar-refractivity contribution in [2.75, 3.05) is 18.1 Å². The van der Waals surface area contributed by atoms with Gasteiger partial charge in [-0.1, -0.05) is 0 Å². The number of aromatic nitrogens is 4. The van der Waals surface area contributed by atoms with Crippen LogP contribution in [0.5, 0.6) is 0 Å². The Hall–Kier alpha value is -1.89. The van der Waals surface area contributed by atoms with E-state index in [2.05, 4.69) is 15.0 Å². The zero-order valence-electron chi connectivity index (χ0n) is 9.33. The molecule has 17 heavy (non-hydrogen) atoms. The van der Waals surface area contributed by atoms with E-state index >= 15 is 0 Å². The Balaban J connectivity index is 2.10. The third kappa shape index (κ3) is 1.68. The lowest BCUT2D eigenvalue weighted by molar-refractivity contribution is -0.0298. The molecule has 3 rings (SSSR count). The van der Waals surface area contributed by atoms with Gasteiger partial charge >= 0.3 is 0 Å². The molecule has 0 saturated carbocycles. The number of anilines is 2. The largest absolute Gasteiger partial charge is 0.382 e. The fourth-order valence-corrected chi connectivity index (χ4v) is 2.11. The van der Waals surface area contributed by atoms with Crippen molar-refractivity contribution in [2.45, 2.75) is 25.5 Å². The maximum Gasteiger partial charge on any atom is 0.224 e. The molecule has 7 nitrogen and oxygen atoms in total. The third-order valence-corrected chi connectivity index (χ3v) is 2.93. The molecule has 0 aliphatic carbocycles. The summed E-state index contributed by atoms with van der Waals surface area (Å²) in [5, 5.41) is 0. The average Bonchev–Trinajstić information content (AvgIpc) is 2.74. The van der Waals surface area contributed by atoms with Crippen molar-refractivity contribution in [3.05, 3.63) is 6.33 Å². The minimum atomic E-state index is -0.0255. The predicted octanol–water partition coefficient (Wildman–Crippen LogP) is 0.690. The van der Waals surface area contributed by atoms with Crippen molar-refractivity contribution in [1.29, 1.82) is 0 Å². The molecule has 1 unspecified atom stereocenters. The van der Waals surface area contributed by atoms with Gasteiger partial charge in [-0.05, 0) is 19.3 Å². The molecule has 1 atom stereocenters. The van der Waals surface area contributed by atoms with Crippen molar-refractivity contribution in [3.8, 4) is 0 Å². The van der Waals surface area contributed by atoms with Crippen LogP contribution >= 0.6 is 0 Å². The number of nitrogens with two attached hydrogens (primary N) is 2. The Morgan fingerprint density at radius 3 is 2.94 bits per heavy atom. The molecular formula is C10H14N6O. The second-order valence-electron chi connectivity index (χ2n) is 4.11. The fraction of sp³-hybridized carbons (Fsp3) is 0.500. The van der Waals surface area contributed by atoms with E-state index in [9.17, 15) is 0 Å². The molecule has 1 aliphatic heterocycles. The van der Waals surface area contributed by atoms with Crippen molar-refractivity contribution in [1.82, 2.24) is 19.5 Å². The van der Waals surface area contributed by atoms with Crippen LogP contribution in [0.1, 0.15) is 25.5 Å². The van der Waals surface area contributed by atoms with Crippen LogP contribution < -0.4 is 11.5 Å². The standard InChI is InChI=1S/C10H14N6O/c11-8-7-9(15-10(12)14-8)16(5-13-7)6-3-1-2-4-17-6/h5-6H,1-4H2,(H4,11,12,14,15). The minimum absolute atomic E-state index is 0.0255. The Morgan fingerprint density at radius 2 is 2.18 bits per heavy atom. The van der Waals surface area contributed by atoms with Gasteiger partial charge in [0.15, 0.2) is 11.5 Å². The number of hydrogen-bond acceptors (Lipinski definition) is 6. The Kier molecular flexibility index (Phi) is 2.32. The summed E-state index contributed by atoms with van der Waals surface area (Å²) < 4.78 is 7.57. The topological polar surface area (TPSA) is 105 Å². The van der Waals surface area contributed by atoms with E-state index in [0.717, 1.165) is 25.9 Å². The van der Waals surface area contributed by atoms with Crippen LogP contribution in [0.15, 0.2) is 6.33 Å². The maximum absolute atomic E-state index is 5.75. The van der Waals surface area contributed by atoms with Crippen molar-refractivity contribution in [2.24, 2.45) is 0 Å². The molecule has 0 aromatic carbocycles. The number of fused-ring (bicyclic) bond motifs is 1. The summed E-state index contributed by atoms with van der Waals surface area (Å²) in [6.45, 7) is 0.764. The Morgan fingerprint density at radius 1 is 1.29 bits per heavy atom. The SMILES string of the molecule is Nc1nc(N)c2ncn(C3CCCCO3)c2n1. The molecule has 7 heteroatoms. The molecular weight excluding hydrogens is 220 g/mol. The van der Waals surface area contributed by atoms with E-state index in [1.807, 2.05) is 4.57 Å². The van der Waals surface area contributed by atoms with Crippen LogP contribution in [-0.4, -0.2) is 26.1 Å². The summed E-state index contributed by atoms with van der Waals surface area (Å²) in [6, 6.07) is 0. The average molecular weight is 234 g/mol. The monoisotopic (exact) mass is 234 g/mol. The smallest absolute Gasteiger partial charge is 0.224 e. The van der Waals surface area contributed by atoms with E-state index < -0.39 is 0 Å². The molecule has 3 heterocycles. The minimum Gasteiger partial charge on any atom is -0.382 e. The van der Waals surface area contributed by atoms with Crippen LogP contribution in [0.25, 0.3) is 11.2 Å². The molecule has 1 saturated heterocycles. The first kappa shape index (κ1) is 10.3. The lowest BCUT2D eigenvalue weighted by atomic mass is 10.2. The van der Waals surface area contributed by atoms with Gasteiger partial charge in [-0.15, -0.1) is 0 Å². The zero-order valence-corrected chi connectivity index (χ0v) is 9.33. The molecule has 4 N–H and O–H groups in total. The van der Waals surface area contributed by atoms with Crippen molar-refractivity contribution >= 4 is 22.9 Å². The molecule has 1 aliphatic rings. The van der Waals surface area contributed by atoms with Gasteiger partial charge in [-0.3, -0.25) is 4.57 Å². The molecule has 0 amide bonds. The predicted molar refractivity (Wildman–Crippen MR) is 63.0 cm³/mol. The highest BCUT2D eigenvalue weighted by Crippen LogP contribution is 2.27. The highest BCUT2D eigenvalue weighted by Gasteiger charge is 2.20. The summed E-state index contributed by atoms with van der Waals surface area (Å²) in [7, 11) is 0. The van der Waals surface area contributed by atoms with E-state index in [0.29, 0.717) is 17.0 Å². The van der Waals surface area contributed by atoms with Crippen LogP contribution in [0.3, 0.4) is 0 Å². The molecule has 90 valence electrons. The number of nitrogen functional groups attached to an aromatic ring is 2. The van der Waals surface area contributed by atoms with Gasteiger partial charge in [0, 0.05) is 6.61 Å². The van der Waals surface area contributed by atoms with Gasteiger partial charge in [-0.25, -0.2) is 4.98 Å². The zero-order chi connectivity index (χ0) is 11.8. The first-order valence-electron chi connectivity index (χ1n) is 5.63. The molecule has 0 bridgehead atoms. The Labute approximate surface area is 97.8 Å². The molecule has 0 spiro atoms. The normalized spacial score (nSPS) is 20.8. The number of hydrogen-bond donors (Lipinski definition) is 2. The summed E-state index contributed by atoms with van der Waals surface area (Å²) in [5.74, 6) is 0.467. The van der Waals surface area contributed by atoms with E-state index in [-0.39, 0.29) is 12.2 Å². The van der Waals surface area contributed by atoms with E-state index in [4.69, 9.17) is 16.2 Å². The summed E-state index contributed by atoms with van der Waals surface area (Å²) in [6.07, 6.45) is 4.85. The van der Waals surface area contributed by atoms with Gasteiger partial charge in [-0.2, -0.15) is 9.97 Å². The first-order chi connectivity index (χ1) is 8.25. The number of nitrogens with zero attached hydrogens (tertiary/aromatic N) is 4. The first-order valence-corrected chi connectivity index (χ1v) is 5.63. The van der Waals surface area contributed by atoms with E-state index in [1.54, 1.807) is 6.33 Å². The van der Waals surface area contributed by atoms with Crippen LogP contribution in [0, 0.1) is 0 Å². The van der Waals surface area contributed by atoms with E-state index in [1.165, 1.54) is 0 Å². The third-order valence-electron chi connectivity index (χ3n) is 2.93. The van der Waals surface area contributed by atoms with Gasteiger partial charge in [0.1, 0.15) is 11.7 Å². The molecule has 0 radical (unpaired) electrons. The highest BCUT2D eigenvalue weighted by atomic mass is 16.5. The van der Waals surface area contributed by atoms with Gasteiger partial charge in [0.25, 0.3) is 0 Å². The van der Waals surface area contributed by atoms with Crippen LogP contribution in [0.4, 0.5) is 11.8 Å². The summed E-state index contributed by atoms with van der Waals surface area (Å²) >= 11 is 0. The van der Waals surface area contributed by atoms with Gasteiger partial charge in [0.05, 0.1) is 6.33 Å². The number of imidazole rings is 1. The summed E-state index contributed by atoms with van der Waals surface area (Å²) in [4.78, 5) is 12.3. The fourth-order valence-electron chi connectivity index (χ4n) is 2.11. The number of rotatable bonds is 1. The maximum atomic E-state index is 5.75. The molecule has 1 fully saturated rings. The number of ether oxygens (including phenoxy) is 1. The van der Waals surface area contributed by atoms with Gasteiger partial charge < -0.3 is 16.2 Å². The van der Waals surface area contributed by atoms with Crippen molar-refractivity contribution in [3.63, 3.8) is 0 Å². The van der Waals surface area contributed by atoms with Crippen LogP contribution in [-0.2, 0) is 4.74 Å². The van der Waals surface area contributed by atoms with Crippen molar-refractivity contribution < 1.29 is 4.74 Å². The second kappa shape index (κ2) is 3.85.